The summed E-state index contributed by atoms with van der Waals surface area (Å²) in [6.45, 7) is 0. The number of hydrazone groups is 1. The number of benzene rings is 1. The predicted molar refractivity (Wildman–Crippen MR) is 83.9 cm³/mol. The van der Waals surface area contributed by atoms with Crippen molar-refractivity contribution in [3.63, 3.8) is 0 Å². The molecule has 2 aromatic rings. The molecule has 1 aliphatic rings. The van der Waals surface area contributed by atoms with Crippen LogP contribution in [0.2, 0.25) is 0 Å². The number of hydrogen-bond donors (Lipinski definition) is 1. The molecule has 20 heavy (non-hydrogen) atoms. The van der Waals surface area contributed by atoms with E-state index in [1.54, 1.807) is 12.4 Å². The molecule has 1 aromatic carbocycles. The second kappa shape index (κ2) is 5.88. The van der Waals surface area contributed by atoms with Crippen LogP contribution in [-0.2, 0) is 6.42 Å². The van der Waals surface area contributed by atoms with E-state index in [2.05, 4.69) is 27.6 Å². The number of halogens is 1. The summed E-state index contributed by atoms with van der Waals surface area (Å²) in [6.07, 6.45) is 5.41. The smallest absolute Gasteiger partial charge is 0.146 e. The second-order valence-electron chi connectivity index (χ2n) is 4.58. The van der Waals surface area contributed by atoms with E-state index < -0.39 is 0 Å². The van der Waals surface area contributed by atoms with Crippen LogP contribution in [0.5, 0.6) is 0 Å². The standard InChI is InChI=1S/C16H14ClN3/c17-16-13(9-8-12-5-1-2-6-14(12)16)11-19-20-15-7-3-4-10-18-15/h1-7,10-11H,8-9H2,(H,18,20)/b19-11+. The fraction of sp³-hybridized carbons (Fsp3) is 0.125. The van der Waals surface area contributed by atoms with Gasteiger partial charge in [0.2, 0.25) is 0 Å². The van der Waals surface area contributed by atoms with Crippen LogP contribution in [0.15, 0.2) is 59.3 Å². The van der Waals surface area contributed by atoms with Gasteiger partial charge in [0, 0.05) is 6.20 Å². The Morgan fingerprint density at radius 3 is 2.80 bits per heavy atom. The van der Waals surface area contributed by atoms with Gasteiger partial charge in [0.05, 0.1) is 11.2 Å². The number of pyridine rings is 1. The van der Waals surface area contributed by atoms with Crippen molar-refractivity contribution < 1.29 is 0 Å². The summed E-state index contributed by atoms with van der Waals surface area (Å²) in [5, 5.41) is 5.00. The zero-order valence-electron chi connectivity index (χ0n) is 10.9. The van der Waals surface area contributed by atoms with Crippen molar-refractivity contribution >= 4 is 28.7 Å². The molecule has 1 aliphatic carbocycles. The van der Waals surface area contributed by atoms with Crippen LogP contribution in [0.3, 0.4) is 0 Å². The van der Waals surface area contributed by atoms with E-state index in [1.807, 2.05) is 30.3 Å². The molecule has 0 aliphatic heterocycles. The fourth-order valence-corrected chi connectivity index (χ4v) is 2.56. The average Bonchev–Trinajstić information content (AvgIpc) is 2.51. The molecule has 0 atom stereocenters. The van der Waals surface area contributed by atoms with Crippen molar-refractivity contribution in [1.82, 2.24) is 4.98 Å². The Labute approximate surface area is 123 Å². The van der Waals surface area contributed by atoms with Crippen LogP contribution in [-0.4, -0.2) is 11.2 Å². The van der Waals surface area contributed by atoms with Gasteiger partial charge in [0.25, 0.3) is 0 Å². The Bertz CT molecular complexity index is 662. The molecular weight excluding hydrogens is 270 g/mol. The number of rotatable bonds is 3. The Hall–Kier alpha value is -2.13. The summed E-state index contributed by atoms with van der Waals surface area (Å²) in [7, 11) is 0. The first-order valence-corrected chi connectivity index (χ1v) is 6.89. The molecule has 100 valence electrons. The van der Waals surface area contributed by atoms with Crippen molar-refractivity contribution in [2.24, 2.45) is 5.10 Å². The highest BCUT2D eigenvalue weighted by molar-refractivity contribution is 6.50. The lowest BCUT2D eigenvalue weighted by molar-refractivity contribution is 0.960. The summed E-state index contributed by atoms with van der Waals surface area (Å²) >= 11 is 6.44. The van der Waals surface area contributed by atoms with Crippen molar-refractivity contribution in [3.8, 4) is 0 Å². The molecule has 4 heteroatoms. The van der Waals surface area contributed by atoms with Gasteiger partial charge in [0.1, 0.15) is 5.82 Å². The van der Waals surface area contributed by atoms with Gasteiger partial charge in [-0.3, -0.25) is 5.43 Å². The maximum Gasteiger partial charge on any atom is 0.146 e. The van der Waals surface area contributed by atoms with Crippen molar-refractivity contribution in [2.45, 2.75) is 12.8 Å². The van der Waals surface area contributed by atoms with E-state index in [9.17, 15) is 0 Å². The monoisotopic (exact) mass is 283 g/mol. The van der Waals surface area contributed by atoms with Crippen molar-refractivity contribution in [2.75, 3.05) is 5.43 Å². The summed E-state index contributed by atoms with van der Waals surface area (Å²) < 4.78 is 0. The maximum absolute atomic E-state index is 6.44. The summed E-state index contributed by atoms with van der Waals surface area (Å²) in [6, 6.07) is 13.9. The Morgan fingerprint density at radius 2 is 1.95 bits per heavy atom. The second-order valence-corrected chi connectivity index (χ2v) is 4.96. The van der Waals surface area contributed by atoms with Gasteiger partial charge in [-0.25, -0.2) is 4.98 Å². The molecule has 1 heterocycles. The summed E-state index contributed by atoms with van der Waals surface area (Å²) in [5.74, 6) is 0.719. The molecule has 0 spiro atoms. The predicted octanol–water partition coefficient (Wildman–Crippen LogP) is 4.08. The number of aromatic nitrogens is 1. The van der Waals surface area contributed by atoms with E-state index in [0.29, 0.717) is 0 Å². The molecule has 3 rings (SSSR count). The molecule has 0 radical (unpaired) electrons. The summed E-state index contributed by atoms with van der Waals surface area (Å²) in [4.78, 5) is 4.14. The van der Waals surface area contributed by atoms with Crippen LogP contribution < -0.4 is 5.43 Å². The molecule has 0 unspecified atom stereocenters. The number of nitrogens with one attached hydrogen (secondary N) is 1. The Balaban J connectivity index is 1.78. The maximum atomic E-state index is 6.44. The number of nitrogens with zero attached hydrogens (tertiary/aromatic N) is 2. The molecule has 0 amide bonds. The molecular formula is C16H14ClN3. The largest absolute Gasteiger partial charge is 0.261 e. The Morgan fingerprint density at radius 1 is 1.10 bits per heavy atom. The molecule has 1 aromatic heterocycles. The molecule has 1 N–H and O–H groups in total. The molecule has 0 fully saturated rings. The quantitative estimate of drug-likeness (QED) is 0.681. The number of aryl methyl sites for hydroxylation is 1. The zero-order valence-corrected chi connectivity index (χ0v) is 11.6. The van der Waals surface area contributed by atoms with Gasteiger partial charge >= 0.3 is 0 Å². The molecule has 0 saturated carbocycles. The van der Waals surface area contributed by atoms with Gasteiger partial charge in [-0.1, -0.05) is 41.9 Å². The van der Waals surface area contributed by atoms with Crippen LogP contribution in [0, 0.1) is 0 Å². The van der Waals surface area contributed by atoms with E-state index >= 15 is 0 Å². The van der Waals surface area contributed by atoms with Crippen LogP contribution in [0.4, 0.5) is 5.82 Å². The molecule has 3 nitrogen and oxygen atoms in total. The van der Waals surface area contributed by atoms with E-state index in [1.165, 1.54) is 5.56 Å². The van der Waals surface area contributed by atoms with Crippen molar-refractivity contribution in [3.05, 3.63) is 65.4 Å². The topological polar surface area (TPSA) is 37.3 Å². The first-order valence-electron chi connectivity index (χ1n) is 6.51. The molecule has 0 saturated heterocycles. The third-order valence-electron chi connectivity index (χ3n) is 3.26. The number of hydrogen-bond acceptors (Lipinski definition) is 3. The first-order chi connectivity index (χ1) is 9.84. The minimum atomic E-state index is 0.719. The lowest BCUT2D eigenvalue weighted by Crippen LogP contribution is -2.04. The van der Waals surface area contributed by atoms with Crippen LogP contribution in [0.1, 0.15) is 17.5 Å². The van der Waals surface area contributed by atoms with Crippen molar-refractivity contribution in [1.29, 1.82) is 0 Å². The average molecular weight is 284 g/mol. The number of fused-ring (bicyclic) bond motifs is 1. The third-order valence-corrected chi connectivity index (χ3v) is 3.71. The minimum Gasteiger partial charge on any atom is -0.261 e. The minimum absolute atomic E-state index is 0.719. The van der Waals surface area contributed by atoms with Gasteiger partial charge in [-0.05, 0) is 41.7 Å². The number of allylic oxidation sites excluding steroid dienone is 1. The van der Waals surface area contributed by atoms with Gasteiger partial charge in [-0.15, -0.1) is 0 Å². The molecule has 0 bridgehead atoms. The van der Waals surface area contributed by atoms with E-state index in [-0.39, 0.29) is 0 Å². The van der Waals surface area contributed by atoms with E-state index in [0.717, 1.165) is 34.8 Å². The lowest BCUT2D eigenvalue weighted by Gasteiger charge is -2.17. The SMILES string of the molecule is ClC1=C(/C=N/Nc2ccccn2)CCc2ccccc21. The van der Waals surface area contributed by atoms with Gasteiger partial charge in [0.15, 0.2) is 0 Å². The normalized spacial score (nSPS) is 14.4. The van der Waals surface area contributed by atoms with Gasteiger partial charge < -0.3 is 0 Å². The summed E-state index contributed by atoms with van der Waals surface area (Å²) in [5.41, 5.74) is 6.36. The van der Waals surface area contributed by atoms with Gasteiger partial charge in [-0.2, -0.15) is 5.10 Å². The third kappa shape index (κ3) is 2.73. The lowest BCUT2D eigenvalue weighted by atomic mass is 9.92. The first kappa shape index (κ1) is 12.9. The Kier molecular flexibility index (Phi) is 3.79. The highest BCUT2D eigenvalue weighted by atomic mass is 35.5. The van der Waals surface area contributed by atoms with Crippen LogP contribution in [0.25, 0.3) is 5.03 Å². The fourth-order valence-electron chi connectivity index (χ4n) is 2.23. The zero-order chi connectivity index (χ0) is 13.8. The van der Waals surface area contributed by atoms with E-state index in [4.69, 9.17) is 11.6 Å². The van der Waals surface area contributed by atoms with Crippen LogP contribution >= 0.6 is 11.6 Å². The highest BCUT2D eigenvalue weighted by Gasteiger charge is 2.15. The highest BCUT2D eigenvalue weighted by Crippen LogP contribution is 2.32. The number of anilines is 1.